The second-order valence-electron chi connectivity index (χ2n) is 7.07. The van der Waals surface area contributed by atoms with Crippen molar-refractivity contribution in [3.8, 4) is 0 Å². The standard InChI is InChI=1S/C21H23N5O4S/c1-14-22-10-11-26(14)13-16-4-6-17(7-5-16)24-21(28)19-12-18(23-15(2)27)8-9-20(19)25-31(3,29)30/h4-12,25H,13H2,1-3H3,(H,23,27)(H,24,28). The van der Waals surface area contributed by atoms with E-state index in [-0.39, 0.29) is 17.2 Å². The predicted octanol–water partition coefficient (Wildman–Crippen LogP) is 2.82. The highest BCUT2D eigenvalue weighted by atomic mass is 32.2. The maximum Gasteiger partial charge on any atom is 0.257 e. The summed E-state index contributed by atoms with van der Waals surface area (Å²) in [7, 11) is -3.60. The highest BCUT2D eigenvalue weighted by Crippen LogP contribution is 2.23. The molecule has 3 aromatic rings. The molecule has 0 spiro atoms. The number of hydrogen-bond donors (Lipinski definition) is 3. The van der Waals surface area contributed by atoms with E-state index in [0.29, 0.717) is 17.9 Å². The molecule has 31 heavy (non-hydrogen) atoms. The largest absolute Gasteiger partial charge is 0.331 e. The van der Waals surface area contributed by atoms with E-state index in [9.17, 15) is 18.0 Å². The quantitative estimate of drug-likeness (QED) is 0.520. The first kappa shape index (κ1) is 22.0. The number of rotatable bonds is 7. The van der Waals surface area contributed by atoms with Crippen LogP contribution >= 0.6 is 0 Å². The van der Waals surface area contributed by atoms with Gasteiger partial charge in [0, 0.05) is 37.2 Å². The van der Waals surface area contributed by atoms with Crippen molar-refractivity contribution >= 4 is 38.9 Å². The van der Waals surface area contributed by atoms with Crippen LogP contribution in [0.25, 0.3) is 0 Å². The third kappa shape index (κ3) is 6.16. The summed E-state index contributed by atoms with van der Waals surface area (Å²) in [5, 5.41) is 5.34. The van der Waals surface area contributed by atoms with Gasteiger partial charge in [-0.25, -0.2) is 13.4 Å². The van der Waals surface area contributed by atoms with Crippen LogP contribution in [-0.2, 0) is 21.4 Å². The van der Waals surface area contributed by atoms with E-state index in [0.717, 1.165) is 17.6 Å². The van der Waals surface area contributed by atoms with E-state index >= 15 is 0 Å². The van der Waals surface area contributed by atoms with Crippen LogP contribution in [-0.4, -0.2) is 36.0 Å². The van der Waals surface area contributed by atoms with Crippen molar-refractivity contribution in [2.75, 3.05) is 21.6 Å². The summed E-state index contributed by atoms with van der Waals surface area (Å²) in [5.41, 5.74) is 2.15. The Balaban J connectivity index is 1.80. The number of nitrogens with one attached hydrogen (secondary N) is 3. The van der Waals surface area contributed by atoms with Crippen molar-refractivity contribution in [3.63, 3.8) is 0 Å². The van der Waals surface area contributed by atoms with Gasteiger partial charge in [0.05, 0.1) is 17.5 Å². The zero-order valence-electron chi connectivity index (χ0n) is 17.3. The molecule has 0 aliphatic carbocycles. The zero-order valence-corrected chi connectivity index (χ0v) is 18.2. The van der Waals surface area contributed by atoms with Crippen molar-refractivity contribution < 1.29 is 18.0 Å². The second kappa shape index (κ2) is 9.00. The number of amides is 2. The van der Waals surface area contributed by atoms with Gasteiger partial charge in [-0.1, -0.05) is 12.1 Å². The number of aryl methyl sites for hydroxylation is 1. The van der Waals surface area contributed by atoms with Crippen LogP contribution in [0.4, 0.5) is 17.1 Å². The summed E-state index contributed by atoms with van der Waals surface area (Å²) < 4.78 is 27.7. The summed E-state index contributed by atoms with van der Waals surface area (Å²) in [6.45, 7) is 3.92. The molecule has 162 valence electrons. The van der Waals surface area contributed by atoms with E-state index in [1.54, 1.807) is 18.3 Å². The lowest BCUT2D eigenvalue weighted by atomic mass is 10.1. The number of carbonyl (C=O) groups excluding carboxylic acids is 2. The predicted molar refractivity (Wildman–Crippen MR) is 120 cm³/mol. The Morgan fingerprint density at radius 1 is 1.03 bits per heavy atom. The highest BCUT2D eigenvalue weighted by Gasteiger charge is 2.16. The molecule has 2 amide bonds. The first-order chi connectivity index (χ1) is 14.6. The average molecular weight is 442 g/mol. The minimum atomic E-state index is -3.60. The molecule has 0 saturated carbocycles. The number of benzene rings is 2. The fraction of sp³-hybridized carbons (Fsp3) is 0.190. The number of hydrogen-bond acceptors (Lipinski definition) is 5. The molecule has 1 heterocycles. The molecule has 1 aromatic heterocycles. The molecule has 0 unspecified atom stereocenters. The molecule has 0 fully saturated rings. The molecular formula is C21H23N5O4S. The fourth-order valence-electron chi connectivity index (χ4n) is 2.96. The van der Waals surface area contributed by atoms with Crippen LogP contribution in [0.3, 0.4) is 0 Å². The Morgan fingerprint density at radius 3 is 2.29 bits per heavy atom. The molecule has 3 N–H and O–H groups in total. The van der Waals surface area contributed by atoms with Gasteiger partial charge >= 0.3 is 0 Å². The van der Waals surface area contributed by atoms with E-state index in [2.05, 4.69) is 20.3 Å². The van der Waals surface area contributed by atoms with Gasteiger partial charge in [-0.05, 0) is 42.8 Å². The molecule has 0 saturated heterocycles. The topological polar surface area (TPSA) is 122 Å². The highest BCUT2D eigenvalue weighted by molar-refractivity contribution is 7.92. The molecule has 0 aliphatic rings. The minimum Gasteiger partial charge on any atom is -0.331 e. The smallest absolute Gasteiger partial charge is 0.257 e. The summed E-state index contributed by atoms with van der Waals surface area (Å²) in [5.74, 6) is 0.0813. The van der Waals surface area contributed by atoms with Crippen LogP contribution in [0.5, 0.6) is 0 Å². The Kier molecular flexibility index (Phi) is 6.40. The average Bonchev–Trinajstić information content (AvgIpc) is 3.07. The van der Waals surface area contributed by atoms with E-state index < -0.39 is 15.9 Å². The number of carbonyl (C=O) groups is 2. The second-order valence-corrected chi connectivity index (χ2v) is 8.82. The zero-order chi connectivity index (χ0) is 22.6. The van der Waals surface area contributed by atoms with Crippen molar-refractivity contribution in [2.24, 2.45) is 0 Å². The van der Waals surface area contributed by atoms with Gasteiger partial charge in [0.2, 0.25) is 15.9 Å². The first-order valence-electron chi connectivity index (χ1n) is 9.38. The monoisotopic (exact) mass is 441 g/mol. The fourth-order valence-corrected chi connectivity index (χ4v) is 3.54. The number of imidazole rings is 1. The van der Waals surface area contributed by atoms with Gasteiger partial charge in [0.1, 0.15) is 5.82 Å². The van der Waals surface area contributed by atoms with E-state index in [4.69, 9.17) is 0 Å². The summed E-state index contributed by atoms with van der Waals surface area (Å²) in [6, 6.07) is 11.7. The first-order valence-corrected chi connectivity index (χ1v) is 11.3. The third-order valence-electron chi connectivity index (χ3n) is 4.37. The lowest BCUT2D eigenvalue weighted by Crippen LogP contribution is -2.18. The van der Waals surface area contributed by atoms with Crippen molar-refractivity contribution in [1.82, 2.24) is 9.55 Å². The number of nitrogens with zero attached hydrogens (tertiary/aromatic N) is 2. The van der Waals surface area contributed by atoms with Crippen LogP contribution in [0, 0.1) is 6.92 Å². The molecule has 2 aromatic carbocycles. The molecule has 0 atom stereocenters. The minimum absolute atomic E-state index is 0.0785. The van der Waals surface area contributed by atoms with Gasteiger partial charge in [0.15, 0.2) is 0 Å². The molecule has 3 rings (SSSR count). The van der Waals surface area contributed by atoms with Crippen LogP contribution in [0.15, 0.2) is 54.9 Å². The van der Waals surface area contributed by atoms with Crippen LogP contribution < -0.4 is 15.4 Å². The van der Waals surface area contributed by atoms with Crippen LogP contribution in [0.2, 0.25) is 0 Å². The number of anilines is 3. The molecule has 9 nitrogen and oxygen atoms in total. The number of aromatic nitrogens is 2. The number of sulfonamides is 1. The van der Waals surface area contributed by atoms with Gasteiger partial charge in [0.25, 0.3) is 5.91 Å². The lowest BCUT2D eigenvalue weighted by molar-refractivity contribution is -0.114. The van der Waals surface area contributed by atoms with E-state index in [1.807, 2.05) is 29.8 Å². The molecule has 0 aliphatic heterocycles. The lowest BCUT2D eigenvalue weighted by Gasteiger charge is -2.14. The molecule has 10 heteroatoms. The maximum absolute atomic E-state index is 12.9. The van der Waals surface area contributed by atoms with Gasteiger partial charge in [-0.2, -0.15) is 0 Å². The van der Waals surface area contributed by atoms with Crippen molar-refractivity contribution in [1.29, 1.82) is 0 Å². The molecule has 0 radical (unpaired) electrons. The SMILES string of the molecule is CC(=O)Nc1ccc(NS(C)(=O)=O)c(C(=O)Nc2ccc(Cn3ccnc3C)cc2)c1. The Hall–Kier alpha value is -3.66. The van der Waals surface area contributed by atoms with Gasteiger partial charge in [-0.15, -0.1) is 0 Å². The van der Waals surface area contributed by atoms with Gasteiger partial charge < -0.3 is 15.2 Å². The van der Waals surface area contributed by atoms with Crippen LogP contribution in [0.1, 0.15) is 28.7 Å². The Bertz CT molecular complexity index is 1220. The molecule has 0 bridgehead atoms. The summed E-state index contributed by atoms with van der Waals surface area (Å²) in [6.07, 6.45) is 4.63. The summed E-state index contributed by atoms with van der Waals surface area (Å²) in [4.78, 5) is 28.4. The summed E-state index contributed by atoms with van der Waals surface area (Å²) >= 11 is 0. The van der Waals surface area contributed by atoms with Crippen molar-refractivity contribution in [2.45, 2.75) is 20.4 Å². The van der Waals surface area contributed by atoms with Gasteiger partial charge in [-0.3, -0.25) is 14.3 Å². The Morgan fingerprint density at radius 2 is 1.71 bits per heavy atom. The maximum atomic E-state index is 12.9. The molecular weight excluding hydrogens is 418 g/mol. The Labute approximate surface area is 180 Å². The van der Waals surface area contributed by atoms with E-state index in [1.165, 1.54) is 25.1 Å². The normalized spacial score (nSPS) is 11.1. The van der Waals surface area contributed by atoms with Crippen molar-refractivity contribution in [3.05, 3.63) is 71.8 Å². The third-order valence-corrected chi connectivity index (χ3v) is 4.96.